The molecule has 0 saturated carbocycles. The minimum absolute atomic E-state index is 0.0699. The van der Waals surface area contributed by atoms with E-state index in [0.29, 0.717) is 12.6 Å². The fourth-order valence-corrected chi connectivity index (χ4v) is 3.42. The van der Waals surface area contributed by atoms with Crippen LogP contribution in [0.15, 0.2) is 17.1 Å². The van der Waals surface area contributed by atoms with Crippen molar-refractivity contribution in [2.24, 2.45) is 7.05 Å². The molecule has 0 spiro atoms. The van der Waals surface area contributed by atoms with Crippen LogP contribution in [0.3, 0.4) is 0 Å². The van der Waals surface area contributed by atoms with Crippen molar-refractivity contribution in [3.05, 3.63) is 22.6 Å². The number of morpholine rings is 1. The molecule has 7 heteroatoms. The number of aryl methyl sites for hydroxylation is 1. The normalized spacial score (nSPS) is 23.6. The van der Waals surface area contributed by atoms with Crippen LogP contribution in [0.4, 0.5) is 5.69 Å². The number of anilines is 1. The molecule has 3 rings (SSSR count). The van der Waals surface area contributed by atoms with Crippen LogP contribution in [-0.4, -0.2) is 73.2 Å². The van der Waals surface area contributed by atoms with E-state index in [-0.39, 0.29) is 11.7 Å². The van der Waals surface area contributed by atoms with Crippen LogP contribution in [0.1, 0.15) is 19.3 Å². The smallest absolute Gasteiger partial charge is 0.268 e. The van der Waals surface area contributed by atoms with Gasteiger partial charge in [-0.15, -0.1) is 0 Å². The van der Waals surface area contributed by atoms with E-state index in [4.69, 9.17) is 4.74 Å². The van der Waals surface area contributed by atoms with E-state index in [2.05, 4.69) is 27.3 Å². The van der Waals surface area contributed by atoms with Gasteiger partial charge in [0.25, 0.3) is 5.56 Å². The molecule has 134 valence electrons. The number of hydrogen-bond donors (Lipinski definition) is 1. The second kappa shape index (κ2) is 8.09. The highest BCUT2D eigenvalue weighted by molar-refractivity contribution is 5.43. The maximum Gasteiger partial charge on any atom is 0.268 e. The van der Waals surface area contributed by atoms with Crippen molar-refractivity contribution in [2.75, 3.05) is 51.3 Å². The number of nitrogens with one attached hydrogen (secondary N) is 1. The molecule has 0 bridgehead atoms. The number of hydrogen-bond acceptors (Lipinski definition) is 6. The Labute approximate surface area is 143 Å². The third-order valence-electron chi connectivity index (χ3n) is 5.08. The van der Waals surface area contributed by atoms with E-state index in [9.17, 15) is 4.79 Å². The Morgan fingerprint density at radius 1 is 1.29 bits per heavy atom. The molecule has 0 amide bonds. The number of aromatic nitrogens is 2. The number of piperidine rings is 1. The number of ether oxygens (including phenoxy) is 1. The molecule has 1 aromatic heterocycles. The lowest BCUT2D eigenvalue weighted by molar-refractivity contribution is 0.0346. The van der Waals surface area contributed by atoms with Gasteiger partial charge < -0.3 is 19.9 Å². The van der Waals surface area contributed by atoms with Gasteiger partial charge in [-0.3, -0.25) is 4.79 Å². The first kappa shape index (κ1) is 17.4. The highest BCUT2D eigenvalue weighted by atomic mass is 16.5. The summed E-state index contributed by atoms with van der Waals surface area (Å²) in [6, 6.07) is 2.30. The minimum atomic E-state index is -0.0699. The van der Waals surface area contributed by atoms with Crippen LogP contribution < -0.4 is 15.8 Å². The Balaban J connectivity index is 1.45. The number of nitrogens with zero attached hydrogens (tertiary/aromatic N) is 4. The van der Waals surface area contributed by atoms with Gasteiger partial charge in [0.15, 0.2) is 0 Å². The molecule has 2 aliphatic heterocycles. The van der Waals surface area contributed by atoms with Gasteiger partial charge in [-0.1, -0.05) is 0 Å². The monoisotopic (exact) mass is 335 g/mol. The Morgan fingerprint density at radius 2 is 2.08 bits per heavy atom. The summed E-state index contributed by atoms with van der Waals surface area (Å²) in [5, 5.41) is 7.78. The van der Waals surface area contributed by atoms with Crippen LogP contribution in [0.25, 0.3) is 0 Å². The van der Waals surface area contributed by atoms with Crippen molar-refractivity contribution in [2.45, 2.75) is 31.4 Å². The Bertz CT molecular complexity index is 583. The molecule has 2 fully saturated rings. The predicted octanol–water partition coefficient (Wildman–Crippen LogP) is 0.0594. The largest absolute Gasteiger partial charge is 0.374 e. The van der Waals surface area contributed by atoms with E-state index >= 15 is 0 Å². The molecule has 1 aromatic rings. The van der Waals surface area contributed by atoms with Crippen LogP contribution in [-0.2, 0) is 11.8 Å². The van der Waals surface area contributed by atoms with Crippen LogP contribution in [0.5, 0.6) is 0 Å². The van der Waals surface area contributed by atoms with E-state index in [0.717, 1.165) is 31.7 Å². The second-order valence-electron chi connectivity index (χ2n) is 6.93. The molecule has 2 aliphatic rings. The third-order valence-corrected chi connectivity index (χ3v) is 5.08. The van der Waals surface area contributed by atoms with E-state index < -0.39 is 0 Å². The first-order chi connectivity index (χ1) is 11.6. The molecule has 0 aromatic carbocycles. The van der Waals surface area contributed by atoms with Gasteiger partial charge in [-0.2, -0.15) is 5.10 Å². The summed E-state index contributed by atoms with van der Waals surface area (Å²) in [7, 11) is 3.86. The van der Waals surface area contributed by atoms with Gasteiger partial charge in [0.2, 0.25) is 0 Å². The first-order valence-electron chi connectivity index (χ1n) is 8.93. The summed E-state index contributed by atoms with van der Waals surface area (Å²) in [5.74, 6) is 0. The van der Waals surface area contributed by atoms with Gasteiger partial charge in [-0.05, 0) is 45.9 Å². The highest BCUT2D eigenvalue weighted by Gasteiger charge is 2.22. The topological polar surface area (TPSA) is 62.6 Å². The van der Waals surface area contributed by atoms with Crippen molar-refractivity contribution in [3.8, 4) is 0 Å². The first-order valence-corrected chi connectivity index (χ1v) is 8.93. The van der Waals surface area contributed by atoms with Crippen LogP contribution in [0.2, 0.25) is 0 Å². The molecule has 3 heterocycles. The summed E-state index contributed by atoms with van der Waals surface area (Å²) in [6.07, 6.45) is 5.43. The lowest BCUT2D eigenvalue weighted by atomic mass is 10.1. The van der Waals surface area contributed by atoms with E-state index in [1.54, 1.807) is 19.3 Å². The zero-order valence-corrected chi connectivity index (χ0v) is 14.8. The summed E-state index contributed by atoms with van der Waals surface area (Å²) in [5.41, 5.74) is 0.828. The Morgan fingerprint density at radius 3 is 2.83 bits per heavy atom. The Kier molecular flexibility index (Phi) is 5.86. The fourth-order valence-electron chi connectivity index (χ4n) is 3.42. The predicted molar refractivity (Wildman–Crippen MR) is 94.6 cm³/mol. The summed E-state index contributed by atoms with van der Waals surface area (Å²) < 4.78 is 7.25. The molecule has 2 saturated heterocycles. The molecule has 1 unspecified atom stereocenters. The van der Waals surface area contributed by atoms with Gasteiger partial charge >= 0.3 is 0 Å². The van der Waals surface area contributed by atoms with Crippen molar-refractivity contribution < 1.29 is 4.74 Å². The van der Waals surface area contributed by atoms with Crippen molar-refractivity contribution in [1.29, 1.82) is 0 Å². The Hall–Kier alpha value is -1.44. The standard InChI is InChI=1S/C17H29N5O2/c1-20-7-4-14(5-8-20)18-6-3-16-13-22(9-10-24-16)15-11-17(23)21(2)19-12-15/h11-12,14,16,18H,3-10,13H2,1-2H3. The quantitative estimate of drug-likeness (QED) is 0.821. The third kappa shape index (κ3) is 4.55. The van der Waals surface area contributed by atoms with Crippen molar-refractivity contribution in [3.63, 3.8) is 0 Å². The zero-order valence-electron chi connectivity index (χ0n) is 14.8. The SMILES string of the molecule is CN1CCC(NCCC2CN(c3cnn(C)c(=O)c3)CCO2)CC1. The molecule has 1 N–H and O–H groups in total. The van der Waals surface area contributed by atoms with Gasteiger partial charge in [0.05, 0.1) is 24.6 Å². The highest BCUT2D eigenvalue weighted by Crippen LogP contribution is 2.16. The van der Waals surface area contributed by atoms with E-state index in [1.807, 2.05) is 0 Å². The second-order valence-corrected chi connectivity index (χ2v) is 6.93. The molecule has 0 radical (unpaired) electrons. The minimum Gasteiger partial charge on any atom is -0.374 e. The lowest BCUT2D eigenvalue weighted by Crippen LogP contribution is -2.45. The zero-order chi connectivity index (χ0) is 16.9. The van der Waals surface area contributed by atoms with Gasteiger partial charge in [-0.25, -0.2) is 4.68 Å². The maximum atomic E-state index is 11.8. The molecule has 24 heavy (non-hydrogen) atoms. The number of likely N-dealkylation sites (tertiary alicyclic amines) is 1. The maximum absolute atomic E-state index is 11.8. The summed E-state index contributed by atoms with van der Waals surface area (Å²) in [6.45, 7) is 5.69. The van der Waals surface area contributed by atoms with Crippen LogP contribution >= 0.6 is 0 Å². The summed E-state index contributed by atoms with van der Waals surface area (Å²) in [4.78, 5) is 16.4. The van der Waals surface area contributed by atoms with Gasteiger partial charge in [0, 0.05) is 32.2 Å². The van der Waals surface area contributed by atoms with Gasteiger partial charge in [0.1, 0.15) is 0 Å². The van der Waals surface area contributed by atoms with Crippen LogP contribution in [0, 0.1) is 0 Å². The van der Waals surface area contributed by atoms with Crippen molar-refractivity contribution in [1.82, 2.24) is 20.0 Å². The molecular weight excluding hydrogens is 306 g/mol. The lowest BCUT2D eigenvalue weighted by Gasteiger charge is -2.35. The molecule has 0 aliphatic carbocycles. The summed E-state index contributed by atoms with van der Waals surface area (Å²) >= 11 is 0. The average Bonchev–Trinajstić information content (AvgIpc) is 2.59. The molecular formula is C17H29N5O2. The van der Waals surface area contributed by atoms with Crippen molar-refractivity contribution >= 4 is 5.69 Å². The van der Waals surface area contributed by atoms with E-state index in [1.165, 1.54) is 30.6 Å². The molecule has 1 atom stereocenters. The average molecular weight is 335 g/mol. The number of rotatable bonds is 5. The molecule has 7 nitrogen and oxygen atoms in total. The fraction of sp³-hybridized carbons (Fsp3) is 0.765.